The van der Waals surface area contributed by atoms with Crippen LogP contribution < -0.4 is 0 Å². The molecule has 0 N–H and O–H groups in total. The standard InChI is InChI=1S/C6H11NOS/c1-7(2-3-8)6-4-9-5-6/h3,6H,2,4-5H2,1H3. The van der Waals surface area contributed by atoms with Crippen molar-refractivity contribution >= 4 is 18.0 Å². The molecular formula is C6H11NOS. The number of rotatable bonds is 3. The van der Waals surface area contributed by atoms with Crippen LogP contribution in [0.15, 0.2) is 0 Å². The smallest absolute Gasteiger partial charge is 0.133 e. The van der Waals surface area contributed by atoms with Crippen LogP contribution in [0.3, 0.4) is 0 Å². The first-order chi connectivity index (χ1) is 4.34. The fraction of sp³-hybridized carbons (Fsp3) is 0.833. The minimum Gasteiger partial charge on any atom is -0.302 e. The van der Waals surface area contributed by atoms with Gasteiger partial charge in [0.05, 0.1) is 6.54 Å². The molecule has 0 spiro atoms. The average Bonchev–Trinajstić information content (AvgIpc) is 1.60. The maximum absolute atomic E-state index is 10.0. The Balaban J connectivity index is 2.15. The van der Waals surface area contributed by atoms with E-state index in [2.05, 4.69) is 4.90 Å². The highest BCUT2D eigenvalue weighted by molar-refractivity contribution is 8.00. The number of aldehydes is 1. The summed E-state index contributed by atoms with van der Waals surface area (Å²) in [5, 5.41) is 0. The Labute approximate surface area is 59.6 Å². The summed E-state index contributed by atoms with van der Waals surface area (Å²) in [4.78, 5) is 12.1. The summed E-state index contributed by atoms with van der Waals surface area (Å²) < 4.78 is 0. The molecule has 1 heterocycles. The summed E-state index contributed by atoms with van der Waals surface area (Å²) in [5.41, 5.74) is 0. The second kappa shape index (κ2) is 3.22. The topological polar surface area (TPSA) is 20.3 Å². The first-order valence-electron chi connectivity index (χ1n) is 3.06. The molecule has 1 saturated heterocycles. The van der Waals surface area contributed by atoms with E-state index >= 15 is 0 Å². The minimum absolute atomic E-state index is 0.589. The molecule has 52 valence electrons. The molecule has 0 unspecified atom stereocenters. The zero-order valence-corrected chi connectivity index (χ0v) is 6.36. The van der Waals surface area contributed by atoms with Crippen LogP contribution in [0, 0.1) is 0 Å². The third-order valence-corrected chi connectivity index (χ3v) is 2.85. The van der Waals surface area contributed by atoms with Crippen molar-refractivity contribution in [2.45, 2.75) is 6.04 Å². The zero-order valence-electron chi connectivity index (χ0n) is 5.54. The van der Waals surface area contributed by atoms with Gasteiger partial charge in [0.1, 0.15) is 6.29 Å². The van der Waals surface area contributed by atoms with E-state index in [1.54, 1.807) is 0 Å². The Kier molecular flexibility index (Phi) is 2.54. The van der Waals surface area contributed by atoms with E-state index in [4.69, 9.17) is 0 Å². The Morgan fingerprint density at radius 2 is 2.44 bits per heavy atom. The molecule has 0 atom stereocenters. The fourth-order valence-corrected chi connectivity index (χ4v) is 1.70. The van der Waals surface area contributed by atoms with Crippen molar-refractivity contribution in [3.8, 4) is 0 Å². The first-order valence-corrected chi connectivity index (χ1v) is 4.21. The van der Waals surface area contributed by atoms with Gasteiger partial charge >= 0.3 is 0 Å². The van der Waals surface area contributed by atoms with Gasteiger partial charge in [-0.05, 0) is 7.05 Å². The van der Waals surface area contributed by atoms with Crippen LogP contribution in [0.2, 0.25) is 0 Å². The summed E-state index contributed by atoms with van der Waals surface area (Å²) in [6, 6.07) is 0.667. The van der Waals surface area contributed by atoms with E-state index in [9.17, 15) is 4.79 Å². The van der Waals surface area contributed by atoms with E-state index in [0.29, 0.717) is 12.6 Å². The van der Waals surface area contributed by atoms with Crippen molar-refractivity contribution in [2.75, 3.05) is 25.1 Å². The van der Waals surface area contributed by atoms with Gasteiger partial charge in [0.25, 0.3) is 0 Å². The molecule has 0 aromatic carbocycles. The Hall–Kier alpha value is -0.0200. The number of thioether (sulfide) groups is 1. The maximum atomic E-state index is 10.0. The lowest BCUT2D eigenvalue weighted by Crippen LogP contribution is -2.42. The summed E-state index contributed by atoms with van der Waals surface area (Å²) in [5.74, 6) is 2.40. The van der Waals surface area contributed by atoms with E-state index in [1.807, 2.05) is 18.8 Å². The number of likely N-dealkylation sites (N-methyl/N-ethyl adjacent to an activating group) is 1. The van der Waals surface area contributed by atoms with E-state index in [1.165, 1.54) is 11.5 Å². The van der Waals surface area contributed by atoms with Crippen molar-refractivity contribution < 1.29 is 4.79 Å². The Morgan fingerprint density at radius 3 is 2.78 bits per heavy atom. The SMILES string of the molecule is CN(CC=O)C1CSC1. The van der Waals surface area contributed by atoms with Gasteiger partial charge in [-0.15, -0.1) is 0 Å². The van der Waals surface area contributed by atoms with Crippen molar-refractivity contribution in [1.82, 2.24) is 4.90 Å². The Morgan fingerprint density at radius 1 is 1.78 bits per heavy atom. The summed E-state index contributed by atoms with van der Waals surface area (Å²) in [7, 11) is 2.00. The molecule has 1 aliphatic heterocycles. The third kappa shape index (κ3) is 1.69. The second-order valence-corrected chi connectivity index (χ2v) is 3.37. The largest absolute Gasteiger partial charge is 0.302 e. The molecule has 0 aliphatic carbocycles. The molecule has 9 heavy (non-hydrogen) atoms. The minimum atomic E-state index is 0.589. The molecule has 0 bridgehead atoms. The number of nitrogens with zero attached hydrogens (tertiary/aromatic N) is 1. The lowest BCUT2D eigenvalue weighted by Gasteiger charge is -2.32. The van der Waals surface area contributed by atoms with E-state index in [-0.39, 0.29) is 0 Å². The number of carbonyl (C=O) groups excluding carboxylic acids is 1. The predicted octanol–water partition coefficient (Wildman–Crippen LogP) is 0.232. The third-order valence-electron chi connectivity index (χ3n) is 1.61. The van der Waals surface area contributed by atoms with Gasteiger partial charge in [0.15, 0.2) is 0 Å². The molecular weight excluding hydrogens is 134 g/mol. The summed E-state index contributed by atoms with van der Waals surface area (Å²) >= 11 is 1.94. The number of hydrogen-bond acceptors (Lipinski definition) is 3. The monoisotopic (exact) mass is 145 g/mol. The van der Waals surface area contributed by atoms with Crippen LogP contribution in [-0.2, 0) is 4.79 Å². The molecule has 0 radical (unpaired) electrons. The van der Waals surface area contributed by atoms with Crippen LogP contribution in [0.5, 0.6) is 0 Å². The van der Waals surface area contributed by atoms with Gasteiger partial charge in [-0.2, -0.15) is 11.8 Å². The van der Waals surface area contributed by atoms with Crippen molar-refractivity contribution in [3.05, 3.63) is 0 Å². The van der Waals surface area contributed by atoms with Gasteiger partial charge in [0.2, 0.25) is 0 Å². The quantitative estimate of drug-likeness (QED) is 0.530. The molecule has 2 nitrogen and oxygen atoms in total. The van der Waals surface area contributed by atoms with Crippen molar-refractivity contribution in [3.63, 3.8) is 0 Å². The van der Waals surface area contributed by atoms with Gasteiger partial charge in [-0.3, -0.25) is 4.90 Å². The highest BCUT2D eigenvalue weighted by atomic mass is 32.2. The lowest BCUT2D eigenvalue weighted by atomic mass is 10.3. The van der Waals surface area contributed by atoms with E-state index < -0.39 is 0 Å². The summed E-state index contributed by atoms with van der Waals surface area (Å²) in [6.07, 6.45) is 0.961. The maximum Gasteiger partial charge on any atom is 0.133 e. The van der Waals surface area contributed by atoms with Gasteiger partial charge in [-0.1, -0.05) is 0 Å². The molecule has 0 amide bonds. The van der Waals surface area contributed by atoms with Gasteiger partial charge in [0, 0.05) is 17.5 Å². The molecule has 0 aromatic rings. The zero-order chi connectivity index (χ0) is 6.69. The molecule has 1 fully saturated rings. The molecule has 1 rings (SSSR count). The molecule has 0 aromatic heterocycles. The predicted molar refractivity (Wildman–Crippen MR) is 39.8 cm³/mol. The summed E-state index contributed by atoms with van der Waals surface area (Å²) in [6.45, 7) is 0.589. The fourth-order valence-electron chi connectivity index (χ4n) is 0.744. The highest BCUT2D eigenvalue weighted by Crippen LogP contribution is 2.21. The highest BCUT2D eigenvalue weighted by Gasteiger charge is 2.21. The normalized spacial score (nSPS) is 19.8. The average molecular weight is 145 g/mol. The van der Waals surface area contributed by atoms with Crippen LogP contribution >= 0.6 is 11.8 Å². The van der Waals surface area contributed by atoms with Crippen molar-refractivity contribution in [2.24, 2.45) is 0 Å². The van der Waals surface area contributed by atoms with Crippen LogP contribution in [-0.4, -0.2) is 42.3 Å². The van der Waals surface area contributed by atoms with Crippen LogP contribution in [0.25, 0.3) is 0 Å². The van der Waals surface area contributed by atoms with Crippen LogP contribution in [0.1, 0.15) is 0 Å². The van der Waals surface area contributed by atoms with Crippen LogP contribution in [0.4, 0.5) is 0 Å². The second-order valence-electron chi connectivity index (χ2n) is 2.30. The number of carbonyl (C=O) groups is 1. The lowest BCUT2D eigenvalue weighted by molar-refractivity contribution is -0.108. The number of hydrogen-bond donors (Lipinski definition) is 0. The van der Waals surface area contributed by atoms with Gasteiger partial charge < -0.3 is 4.79 Å². The Bertz CT molecular complexity index is 103. The van der Waals surface area contributed by atoms with E-state index in [0.717, 1.165) is 6.29 Å². The van der Waals surface area contributed by atoms with Gasteiger partial charge in [-0.25, -0.2) is 0 Å². The molecule has 3 heteroatoms. The van der Waals surface area contributed by atoms with Crippen molar-refractivity contribution in [1.29, 1.82) is 0 Å². The first kappa shape index (κ1) is 7.09. The molecule has 1 aliphatic rings. The molecule has 0 saturated carbocycles.